The molecule has 0 aliphatic heterocycles. The number of halogens is 5. The van der Waals surface area contributed by atoms with Gasteiger partial charge in [-0.05, 0) is 18.6 Å². The third-order valence-electron chi connectivity index (χ3n) is 1.98. The maximum Gasteiger partial charge on any atom is 0.422 e. The molecule has 0 radical (unpaired) electrons. The van der Waals surface area contributed by atoms with E-state index in [-0.39, 0.29) is 37.2 Å². The van der Waals surface area contributed by atoms with Crippen LogP contribution in [0.1, 0.15) is 18.2 Å². The van der Waals surface area contributed by atoms with Crippen molar-refractivity contribution in [3.63, 3.8) is 0 Å². The van der Waals surface area contributed by atoms with Gasteiger partial charge in [-0.15, -0.1) is 24.8 Å². The first-order chi connectivity index (χ1) is 7.92. The average molecular weight is 323 g/mol. The van der Waals surface area contributed by atoms with Crippen LogP contribution in [0, 0.1) is 0 Å². The van der Waals surface area contributed by atoms with Gasteiger partial charge in [0.05, 0.1) is 11.9 Å². The van der Waals surface area contributed by atoms with Crippen LogP contribution in [0.4, 0.5) is 13.2 Å². The summed E-state index contributed by atoms with van der Waals surface area (Å²) in [5.41, 5.74) is 6.15. The van der Waals surface area contributed by atoms with Crippen LogP contribution in [0.15, 0.2) is 18.3 Å². The number of nitrogens with two attached hydrogens (primary N) is 1. The summed E-state index contributed by atoms with van der Waals surface area (Å²) >= 11 is 0. The van der Waals surface area contributed by atoms with Crippen molar-refractivity contribution >= 4 is 24.8 Å². The van der Waals surface area contributed by atoms with Gasteiger partial charge in [0.1, 0.15) is 5.75 Å². The van der Waals surface area contributed by atoms with Gasteiger partial charge in [-0.1, -0.05) is 0 Å². The van der Waals surface area contributed by atoms with Crippen molar-refractivity contribution in [3.05, 3.63) is 24.0 Å². The van der Waals surface area contributed by atoms with Crippen LogP contribution < -0.4 is 10.5 Å². The fourth-order valence-corrected chi connectivity index (χ4v) is 1.15. The second-order valence-electron chi connectivity index (χ2n) is 3.44. The van der Waals surface area contributed by atoms with E-state index in [1.54, 1.807) is 0 Å². The molecule has 1 atom stereocenters. The van der Waals surface area contributed by atoms with E-state index in [1.807, 2.05) is 0 Å². The number of pyridine rings is 1. The van der Waals surface area contributed by atoms with E-state index in [1.165, 1.54) is 18.3 Å². The quantitative estimate of drug-likeness (QED) is 0.872. The fraction of sp³-hybridized carbons (Fsp3) is 0.500. The first kappa shape index (κ1) is 20.6. The monoisotopic (exact) mass is 322 g/mol. The van der Waals surface area contributed by atoms with E-state index < -0.39 is 18.8 Å². The van der Waals surface area contributed by atoms with Gasteiger partial charge in [-0.25, -0.2) is 0 Å². The molecule has 1 rings (SSSR count). The number of alkyl halides is 3. The molecular weight excluding hydrogens is 308 g/mol. The van der Waals surface area contributed by atoms with Crippen molar-refractivity contribution in [1.82, 2.24) is 4.98 Å². The Morgan fingerprint density at radius 2 is 1.95 bits per heavy atom. The standard InChI is InChI=1S/C10H13F3N2O2.2ClH/c11-10(12,13)6-17-7-1-2-9(15-5-7)8(14)3-4-16;;/h1-2,5,8,16H,3-4,6,14H2;2*1H/t8-;;/m1../s1. The number of aromatic nitrogens is 1. The van der Waals surface area contributed by atoms with Gasteiger partial charge in [0, 0.05) is 12.6 Å². The second kappa shape index (κ2) is 9.19. The van der Waals surface area contributed by atoms with Crippen molar-refractivity contribution in [1.29, 1.82) is 0 Å². The van der Waals surface area contributed by atoms with Gasteiger partial charge in [-0.3, -0.25) is 4.98 Å². The summed E-state index contributed by atoms with van der Waals surface area (Å²) in [6.07, 6.45) is -2.85. The van der Waals surface area contributed by atoms with Crippen LogP contribution in [0.5, 0.6) is 5.75 Å². The number of rotatable bonds is 5. The largest absolute Gasteiger partial charge is 0.483 e. The smallest absolute Gasteiger partial charge is 0.422 e. The number of ether oxygens (including phenoxy) is 1. The zero-order chi connectivity index (χ0) is 12.9. The molecule has 1 aromatic rings. The maximum atomic E-state index is 11.9. The lowest BCUT2D eigenvalue weighted by molar-refractivity contribution is -0.153. The minimum absolute atomic E-state index is 0. The van der Waals surface area contributed by atoms with E-state index >= 15 is 0 Å². The highest BCUT2D eigenvalue weighted by atomic mass is 35.5. The summed E-state index contributed by atoms with van der Waals surface area (Å²) in [4.78, 5) is 3.87. The van der Waals surface area contributed by atoms with Crippen LogP contribution in [-0.4, -0.2) is 29.5 Å². The lowest BCUT2D eigenvalue weighted by atomic mass is 10.1. The molecular formula is C10H15Cl2F3N2O2. The first-order valence-corrected chi connectivity index (χ1v) is 4.94. The molecule has 0 aliphatic rings. The van der Waals surface area contributed by atoms with Gasteiger partial charge in [-0.2, -0.15) is 13.2 Å². The van der Waals surface area contributed by atoms with E-state index in [2.05, 4.69) is 9.72 Å². The van der Waals surface area contributed by atoms with Crippen molar-refractivity contribution in [2.75, 3.05) is 13.2 Å². The summed E-state index contributed by atoms with van der Waals surface area (Å²) < 4.78 is 40.1. The average Bonchev–Trinajstić information content (AvgIpc) is 2.26. The number of nitrogens with zero attached hydrogens (tertiary/aromatic N) is 1. The Balaban J connectivity index is 0. The highest BCUT2D eigenvalue weighted by Gasteiger charge is 2.28. The summed E-state index contributed by atoms with van der Waals surface area (Å²) in [6, 6.07) is 2.41. The molecule has 0 unspecified atom stereocenters. The second-order valence-corrected chi connectivity index (χ2v) is 3.44. The predicted octanol–water partition coefficient (Wildman–Crippen LogP) is 2.25. The highest BCUT2D eigenvalue weighted by Crippen LogP contribution is 2.19. The zero-order valence-corrected chi connectivity index (χ0v) is 11.4. The molecule has 0 aromatic carbocycles. The zero-order valence-electron chi connectivity index (χ0n) is 9.76. The Morgan fingerprint density at radius 3 is 2.37 bits per heavy atom. The Bertz CT molecular complexity index is 350. The van der Waals surface area contributed by atoms with Crippen LogP contribution >= 0.6 is 24.8 Å². The fourth-order valence-electron chi connectivity index (χ4n) is 1.15. The van der Waals surface area contributed by atoms with Gasteiger partial charge in [0.25, 0.3) is 0 Å². The lowest BCUT2D eigenvalue weighted by Crippen LogP contribution is -2.19. The number of hydrogen-bond donors (Lipinski definition) is 2. The molecule has 0 bridgehead atoms. The van der Waals surface area contributed by atoms with E-state index in [4.69, 9.17) is 10.8 Å². The molecule has 19 heavy (non-hydrogen) atoms. The molecule has 4 nitrogen and oxygen atoms in total. The van der Waals surface area contributed by atoms with Crippen LogP contribution in [0.25, 0.3) is 0 Å². The van der Waals surface area contributed by atoms with Crippen molar-refractivity contribution in [2.45, 2.75) is 18.6 Å². The molecule has 0 saturated carbocycles. The van der Waals surface area contributed by atoms with Crippen molar-refractivity contribution < 1.29 is 23.0 Å². The van der Waals surface area contributed by atoms with Crippen molar-refractivity contribution in [2.24, 2.45) is 5.73 Å². The van der Waals surface area contributed by atoms with Crippen LogP contribution in [0.2, 0.25) is 0 Å². The van der Waals surface area contributed by atoms with Gasteiger partial charge in [0.15, 0.2) is 6.61 Å². The number of hydrogen-bond acceptors (Lipinski definition) is 4. The minimum atomic E-state index is -4.37. The molecule has 1 aromatic heterocycles. The summed E-state index contributed by atoms with van der Waals surface area (Å²) in [5.74, 6) is 0.0299. The number of aliphatic hydroxyl groups is 1. The lowest BCUT2D eigenvalue weighted by Gasteiger charge is -2.11. The SMILES string of the molecule is Cl.Cl.N[C@H](CCO)c1ccc(OCC(F)(F)F)cn1. The molecule has 0 aliphatic carbocycles. The summed E-state index contributed by atoms with van der Waals surface area (Å²) in [5, 5.41) is 8.67. The third kappa shape index (κ3) is 8.10. The van der Waals surface area contributed by atoms with Crippen molar-refractivity contribution in [3.8, 4) is 5.75 Å². The molecule has 0 saturated heterocycles. The maximum absolute atomic E-state index is 11.9. The predicted molar refractivity (Wildman–Crippen MR) is 68.9 cm³/mol. The Kier molecular flexibility index (Phi) is 9.95. The minimum Gasteiger partial charge on any atom is -0.483 e. The molecule has 112 valence electrons. The van der Waals surface area contributed by atoms with E-state index in [0.29, 0.717) is 12.1 Å². The summed E-state index contributed by atoms with van der Waals surface area (Å²) in [7, 11) is 0. The molecule has 3 N–H and O–H groups in total. The molecule has 0 amide bonds. The molecule has 0 spiro atoms. The molecule has 1 heterocycles. The number of aliphatic hydroxyl groups excluding tert-OH is 1. The third-order valence-corrected chi connectivity index (χ3v) is 1.98. The summed E-state index contributed by atoms with van der Waals surface area (Å²) in [6.45, 7) is -1.42. The molecule has 0 fully saturated rings. The van der Waals surface area contributed by atoms with Crippen LogP contribution in [-0.2, 0) is 0 Å². The topological polar surface area (TPSA) is 68.4 Å². The Hall–Kier alpha value is -0.760. The highest BCUT2D eigenvalue weighted by molar-refractivity contribution is 5.85. The van der Waals surface area contributed by atoms with E-state index in [9.17, 15) is 13.2 Å². The van der Waals surface area contributed by atoms with E-state index in [0.717, 1.165) is 0 Å². The molecule has 9 heteroatoms. The Labute approximate surface area is 121 Å². The Morgan fingerprint density at radius 1 is 1.32 bits per heavy atom. The van der Waals surface area contributed by atoms with Gasteiger partial charge in [0.2, 0.25) is 0 Å². The van der Waals surface area contributed by atoms with Crippen LogP contribution in [0.3, 0.4) is 0 Å². The normalized spacial score (nSPS) is 12.1. The van der Waals surface area contributed by atoms with Gasteiger partial charge >= 0.3 is 6.18 Å². The van der Waals surface area contributed by atoms with Gasteiger partial charge < -0.3 is 15.6 Å². The first-order valence-electron chi connectivity index (χ1n) is 4.94.